The minimum atomic E-state index is -0.323. The fourth-order valence-corrected chi connectivity index (χ4v) is 5.31. The number of aryl methyl sites for hydroxylation is 1. The maximum absolute atomic E-state index is 13.3. The van der Waals surface area contributed by atoms with Crippen LogP contribution < -0.4 is 5.32 Å². The van der Waals surface area contributed by atoms with Gasteiger partial charge in [0, 0.05) is 76.4 Å². The Morgan fingerprint density at radius 2 is 1.90 bits per heavy atom. The van der Waals surface area contributed by atoms with Crippen LogP contribution in [-0.4, -0.2) is 104 Å². The molecule has 1 atom stereocenters. The Bertz CT molecular complexity index is 1210. The van der Waals surface area contributed by atoms with E-state index in [1.54, 1.807) is 26.4 Å². The highest BCUT2D eigenvalue weighted by molar-refractivity contribution is 5.94. The third kappa shape index (κ3) is 6.61. The highest BCUT2D eigenvalue weighted by Gasteiger charge is 2.33. The molecule has 39 heavy (non-hydrogen) atoms. The van der Waals surface area contributed by atoms with Crippen molar-refractivity contribution in [1.82, 2.24) is 39.8 Å². The molecule has 0 fully saturated rings. The number of hydrogen-bond donors (Lipinski definition) is 1. The van der Waals surface area contributed by atoms with Crippen molar-refractivity contribution in [3.05, 3.63) is 41.2 Å². The van der Waals surface area contributed by atoms with E-state index in [-0.39, 0.29) is 67.3 Å². The van der Waals surface area contributed by atoms with Crippen molar-refractivity contribution in [1.29, 1.82) is 0 Å². The summed E-state index contributed by atoms with van der Waals surface area (Å²) in [6, 6.07) is -0.0902. The van der Waals surface area contributed by atoms with Crippen molar-refractivity contribution < 1.29 is 19.2 Å². The molecule has 12 nitrogen and oxygen atoms in total. The molecular weight excluding hydrogens is 500 g/mol. The van der Waals surface area contributed by atoms with Crippen LogP contribution in [0.3, 0.4) is 0 Å². The van der Waals surface area contributed by atoms with Gasteiger partial charge in [0.05, 0.1) is 12.7 Å². The molecule has 0 saturated heterocycles. The van der Waals surface area contributed by atoms with E-state index < -0.39 is 0 Å². The summed E-state index contributed by atoms with van der Waals surface area (Å²) in [6.07, 6.45) is 6.93. The SMILES string of the molecule is CC(C)CN1CC(=O)N(C)C2CCc3c(c(nn3C)C(=O)NCCN(C(=O)c3cnccn3)CCCC1=O)C2. The largest absolute Gasteiger partial charge is 0.349 e. The number of amides is 4. The van der Waals surface area contributed by atoms with E-state index in [0.29, 0.717) is 38.0 Å². The van der Waals surface area contributed by atoms with Crippen molar-refractivity contribution in [2.45, 2.75) is 52.0 Å². The molecule has 4 rings (SSSR count). The summed E-state index contributed by atoms with van der Waals surface area (Å²) in [5.74, 6) is -0.678. The first-order chi connectivity index (χ1) is 18.7. The van der Waals surface area contributed by atoms with Crippen LogP contribution in [0.5, 0.6) is 0 Å². The highest BCUT2D eigenvalue weighted by Crippen LogP contribution is 2.27. The fraction of sp³-hybridized carbons (Fsp3) is 0.593. The fourth-order valence-electron chi connectivity index (χ4n) is 5.31. The molecule has 1 aliphatic carbocycles. The Morgan fingerprint density at radius 1 is 1.10 bits per heavy atom. The molecule has 0 spiro atoms. The van der Waals surface area contributed by atoms with Gasteiger partial charge in [-0.05, 0) is 31.6 Å². The predicted molar refractivity (Wildman–Crippen MR) is 143 cm³/mol. The molecule has 3 heterocycles. The maximum Gasteiger partial charge on any atom is 0.274 e. The van der Waals surface area contributed by atoms with E-state index in [0.717, 1.165) is 17.7 Å². The summed E-state index contributed by atoms with van der Waals surface area (Å²) < 4.78 is 1.74. The first kappa shape index (κ1) is 28.2. The van der Waals surface area contributed by atoms with E-state index in [1.807, 2.05) is 20.9 Å². The number of fused-ring (bicyclic) bond motifs is 1. The summed E-state index contributed by atoms with van der Waals surface area (Å²) in [6.45, 7) is 5.25. The minimum Gasteiger partial charge on any atom is -0.349 e. The summed E-state index contributed by atoms with van der Waals surface area (Å²) in [5.41, 5.74) is 2.38. The Morgan fingerprint density at radius 3 is 2.62 bits per heavy atom. The quantitative estimate of drug-likeness (QED) is 0.607. The average Bonchev–Trinajstić information content (AvgIpc) is 3.26. The van der Waals surface area contributed by atoms with Crippen molar-refractivity contribution in [3.63, 3.8) is 0 Å². The zero-order chi connectivity index (χ0) is 28.1. The van der Waals surface area contributed by atoms with Gasteiger partial charge in [0.2, 0.25) is 11.8 Å². The first-order valence-corrected chi connectivity index (χ1v) is 13.6. The molecule has 2 bridgehead atoms. The third-order valence-electron chi connectivity index (χ3n) is 7.40. The molecule has 4 amide bonds. The lowest BCUT2D eigenvalue weighted by Crippen LogP contribution is -2.47. The highest BCUT2D eigenvalue weighted by atomic mass is 16.2. The Labute approximate surface area is 228 Å². The molecule has 0 saturated carbocycles. The van der Waals surface area contributed by atoms with Crippen LogP contribution in [0.2, 0.25) is 0 Å². The lowest BCUT2D eigenvalue weighted by molar-refractivity contribution is -0.141. The molecule has 210 valence electrons. The Kier molecular flexibility index (Phi) is 8.93. The second kappa shape index (κ2) is 12.4. The summed E-state index contributed by atoms with van der Waals surface area (Å²) in [5, 5.41) is 7.40. The third-order valence-corrected chi connectivity index (χ3v) is 7.40. The number of nitrogens with zero attached hydrogens (tertiary/aromatic N) is 7. The van der Waals surface area contributed by atoms with Crippen molar-refractivity contribution in [2.75, 3.05) is 39.8 Å². The van der Waals surface area contributed by atoms with Crippen LogP contribution in [0.1, 0.15) is 65.3 Å². The normalized spacial score (nSPS) is 19.8. The average molecular weight is 539 g/mol. The van der Waals surface area contributed by atoms with Crippen molar-refractivity contribution in [3.8, 4) is 0 Å². The molecule has 2 aliphatic rings. The molecular formula is C27H38N8O4. The van der Waals surface area contributed by atoms with E-state index >= 15 is 0 Å². The van der Waals surface area contributed by atoms with Crippen LogP contribution in [0.25, 0.3) is 0 Å². The van der Waals surface area contributed by atoms with Gasteiger partial charge in [-0.15, -0.1) is 0 Å². The summed E-state index contributed by atoms with van der Waals surface area (Å²) >= 11 is 0. The lowest BCUT2D eigenvalue weighted by Gasteiger charge is -2.34. The number of nitrogens with one attached hydrogen (secondary N) is 1. The predicted octanol–water partition coefficient (Wildman–Crippen LogP) is 0.676. The number of hydrogen-bond acceptors (Lipinski definition) is 7. The maximum atomic E-state index is 13.3. The zero-order valence-electron chi connectivity index (χ0n) is 23.2. The van der Waals surface area contributed by atoms with Gasteiger partial charge in [0.15, 0.2) is 5.69 Å². The van der Waals surface area contributed by atoms with Crippen LogP contribution in [0, 0.1) is 5.92 Å². The van der Waals surface area contributed by atoms with Crippen LogP contribution in [0.4, 0.5) is 0 Å². The number of carbonyl (C=O) groups excluding carboxylic acids is 4. The van der Waals surface area contributed by atoms with E-state index in [2.05, 4.69) is 20.4 Å². The Hall–Kier alpha value is -3.83. The summed E-state index contributed by atoms with van der Waals surface area (Å²) in [7, 11) is 3.60. The number of rotatable bonds is 3. The minimum absolute atomic E-state index is 0.000493. The topological polar surface area (TPSA) is 134 Å². The van der Waals surface area contributed by atoms with Crippen molar-refractivity contribution >= 4 is 23.6 Å². The zero-order valence-corrected chi connectivity index (χ0v) is 23.2. The van der Waals surface area contributed by atoms with Gasteiger partial charge >= 0.3 is 0 Å². The molecule has 0 radical (unpaired) electrons. The second-order valence-corrected chi connectivity index (χ2v) is 10.7. The number of aromatic nitrogens is 4. The van der Waals surface area contributed by atoms with Crippen LogP contribution >= 0.6 is 0 Å². The Balaban J connectivity index is 1.62. The lowest BCUT2D eigenvalue weighted by atomic mass is 9.90. The molecule has 1 unspecified atom stereocenters. The van der Waals surface area contributed by atoms with Gasteiger partial charge in [-0.2, -0.15) is 5.10 Å². The van der Waals surface area contributed by atoms with Gasteiger partial charge < -0.3 is 20.0 Å². The van der Waals surface area contributed by atoms with Gasteiger partial charge in [0.25, 0.3) is 11.8 Å². The second-order valence-electron chi connectivity index (χ2n) is 10.7. The standard InChI is InChI=1S/C27H38N8O4/c1-18(2)16-35-17-24(37)32(3)19-7-8-22-20(14-19)25(31-33(22)4)26(38)30-11-13-34(12-5-6-23(35)36)27(39)21-15-28-9-10-29-21/h9-10,15,18-19H,5-8,11-14,16-17H2,1-4H3,(H,30,38). The van der Waals surface area contributed by atoms with Gasteiger partial charge in [-0.1, -0.05) is 13.8 Å². The van der Waals surface area contributed by atoms with Gasteiger partial charge in [-0.3, -0.25) is 28.8 Å². The molecule has 1 N–H and O–H groups in total. The molecule has 2 aromatic rings. The summed E-state index contributed by atoms with van der Waals surface area (Å²) in [4.78, 5) is 66.0. The van der Waals surface area contributed by atoms with E-state index in [9.17, 15) is 19.2 Å². The molecule has 1 aliphatic heterocycles. The molecule has 12 heteroatoms. The van der Waals surface area contributed by atoms with Crippen LogP contribution in [-0.2, 0) is 29.5 Å². The first-order valence-electron chi connectivity index (χ1n) is 13.6. The van der Waals surface area contributed by atoms with Crippen molar-refractivity contribution in [2.24, 2.45) is 13.0 Å². The van der Waals surface area contributed by atoms with E-state index in [4.69, 9.17) is 0 Å². The molecule has 2 aromatic heterocycles. The molecule has 0 aromatic carbocycles. The number of likely N-dealkylation sites (N-methyl/N-ethyl adjacent to an activating group) is 1. The van der Waals surface area contributed by atoms with Crippen LogP contribution in [0.15, 0.2) is 18.6 Å². The smallest absolute Gasteiger partial charge is 0.274 e. The number of carbonyl (C=O) groups is 4. The van der Waals surface area contributed by atoms with E-state index in [1.165, 1.54) is 18.6 Å². The van der Waals surface area contributed by atoms with Gasteiger partial charge in [-0.25, -0.2) is 4.98 Å². The monoisotopic (exact) mass is 538 g/mol. The van der Waals surface area contributed by atoms with Gasteiger partial charge in [0.1, 0.15) is 5.69 Å².